The molecule has 0 unspecified atom stereocenters. The fraction of sp³-hybridized carbons (Fsp3) is 0.588. The van der Waals surface area contributed by atoms with E-state index < -0.39 is 0 Å². The smallest absolute Gasteiger partial charge is 0.225 e. The summed E-state index contributed by atoms with van der Waals surface area (Å²) in [6, 6.07) is 5.72. The molecule has 21 heavy (non-hydrogen) atoms. The number of nitrogens with one attached hydrogen (secondary N) is 2. The van der Waals surface area contributed by atoms with Crippen molar-refractivity contribution in [2.45, 2.75) is 59.6 Å². The molecule has 0 fully saturated rings. The highest BCUT2D eigenvalue weighted by molar-refractivity contribution is 5.91. The van der Waals surface area contributed by atoms with Crippen LogP contribution in [0.2, 0.25) is 0 Å². The third-order valence-corrected chi connectivity index (χ3v) is 2.85. The molecule has 0 saturated heterocycles. The Labute approximate surface area is 128 Å². The average molecular weight is 292 g/mol. The maximum Gasteiger partial charge on any atom is 0.225 e. The van der Waals surface area contributed by atoms with Crippen LogP contribution in [-0.4, -0.2) is 24.1 Å². The fourth-order valence-electron chi connectivity index (χ4n) is 1.89. The number of rotatable bonds is 6. The number of hydrogen-bond donors (Lipinski definition) is 2. The van der Waals surface area contributed by atoms with Crippen LogP contribution in [0.25, 0.3) is 0 Å². The van der Waals surface area contributed by atoms with Crippen LogP contribution >= 0.6 is 0 Å². The van der Waals surface area contributed by atoms with E-state index >= 15 is 0 Å². The van der Waals surface area contributed by atoms with Crippen molar-refractivity contribution in [2.24, 2.45) is 0 Å². The summed E-state index contributed by atoms with van der Waals surface area (Å²) in [6.45, 7) is 12.9. The summed E-state index contributed by atoms with van der Waals surface area (Å²) >= 11 is 0. The van der Waals surface area contributed by atoms with Crippen molar-refractivity contribution < 1.29 is 9.53 Å². The number of aryl methyl sites for hydroxylation is 1. The van der Waals surface area contributed by atoms with Crippen molar-refractivity contribution in [3.05, 3.63) is 23.8 Å². The van der Waals surface area contributed by atoms with Crippen LogP contribution < -0.4 is 15.4 Å². The molecule has 0 saturated carbocycles. The normalized spacial score (nSPS) is 11.6. The van der Waals surface area contributed by atoms with Crippen molar-refractivity contribution in [3.8, 4) is 5.75 Å². The van der Waals surface area contributed by atoms with Crippen LogP contribution in [0.5, 0.6) is 5.75 Å². The van der Waals surface area contributed by atoms with Gasteiger partial charge in [-0.15, -0.1) is 0 Å². The molecule has 118 valence electrons. The monoisotopic (exact) mass is 292 g/mol. The zero-order valence-electron chi connectivity index (χ0n) is 14.0. The third-order valence-electron chi connectivity index (χ3n) is 2.85. The van der Waals surface area contributed by atoms with Crippen molar-refractivity contribution in [1.29, 1.82) is 0 Å². The lowest BCUT2D eigenvalue weighted by Gasteiger charge is -2.20. The Morgan fingerprint density at radius 2 is 1.95 bits per heavy atom. The first-order valence-electron chi connectivity index (χ1n) is 7.49. The highest BCUT2D eigenvalue weighted by Crippen LogP contribution is 2.22. The second kappa shape index (κ2) is 7.46. The lowest BCUT2D eigenvalue weighted by Crippen LogP contribution is -2.37. The Balaban J connectivity index is 2.53. The fourth-order valence-corrected chi connectivity index (χ4v) is 1.89. The minimum atomic E-state index is 0.0207. The van der Waals surface area contributed by atoms with Crippen LogP contribution in [0.15, 0.2) is 18.2 Å². The number of ether oxygens (including phenoxy) is 1. The molecule has 0 bridgehead atoms. The third kappa shape index (κ3) is 7.14. The van der Waals surface area contributed by atoms with E-state index in [9.17, 15) is 4.79 Å². The largest absolute Gasteiger partial charge is 0.491 e. The van der Waals surface area contributed by atoms with Crippen LogP contribution in [0.1, 0.15) is 46.6 Å². The molecule has 0 aliphatic heterocycles. The lowest BCUT2D eigenvalue weighted by molar-refractivity contribution is -0.116. The molecule has 1 aromatic carbocycles. The van der Waals surface area contributed by atoms with Gasteiger partial charge in [0, 0.05) is 24.2 Å². The number of anilines is 1. The molecule has 1 rings (SSSR count). The van der Waals surface area contributed by atoms with Gasteiger partial charge in [-0.2, -0.15) is 0 Å². The van der Waals surface area contributed by atoms with Crippen LogP contribution in [-0.2, 0) is 4.79 Å². The Morgan fingerprint density at radius 1 is 1.29 bits per heavy atom. The minimum Gasteiger partial charge on any atom is -0.491 e. The van der Waals surface area contributed by atoms with Gasteiger partial charge in [0.25, 0.3) is 0 Å². The SMILES string of the molecule is Cc1cc(OC(C)C)ccc1NC(=O)CCNC(C)(C)C. The van der Waals surface area contributed by atoms with E-state index in [4.69, 9.17) is 4.74 Å². The van der Waals surface area contributed by atoms with Gasteiger partial charge < -0.3 is 15.4 Å². The van der Waals surface area contributed by atoms with E-state index in [0.29, 0.717) is 13.0 Å². The van der Waals surface area contributed by atoms with Gasteiger partial charge >= 0.3 is 0 Å². The van der Waals surface area contributed by atoms with Gasteiger partial charge in [-0.05, 0) is 65.3 Å². The second-order valence-electron chi connectivity index (χ2n) is 6.62. The Morgan fingerprint density at radius 3 is 2.48 bits per heavy atom. The highest BCUT2D eigenvalue weighted by atomic mass is 16.5. The van der Waals surface area contributed by atoms with Crippen molar-refractivity contribution >= 4 is 11.6 Å². The molecular weight excluding hydrogens is 264 g/mol. The predicted molar refractivity (Wildman–Crippen MR) is 87.9 cm³/mol. The molecule has 0 aliphatic carbocycles. The summed E-state index contributed by atoms with van der Waals surface area (Å²) in [5.74, 6) is 0.849. The average Bonchev–Trinajstić information content (AvgIpc) is 2.30. The molecule has 1 amide bonds. The Bertz CT molecular complexity index is 476. The van der Waals surface area contributed by atoms with Gasteiger partial charge in [0.1, 0.15) is 5.75 Å². The number of hydrogen-bond acceptors (Lipinski definition) is 3. The Kier molecular flexibility index (Phi) is 6.21. The summed E-state index contributed by atoms with van der Waals surface area (Å²) in [4.78, 5) is 11.9. The van der Waals surface area contributed by atoms with E-state index in [-0.39, 0.29) is 17.6 Å². The molecule has 0 aliphatic rings. The summed E-state index contributed by atoms with van der Waals surface area (Å²) in [6.07, 6.45) is 0.606. The zero-order valence-corrected chi connectivity index (χ0v) is 14.0. The molecule has 0 atom stereocenters. The highest BCUT2D eigenvalue weighted by Gasteiger charge is 2.10. The van der Waals surface area contributed by atoms with Crippen molar-refractivity contribution in [2.75, 3.05) is 11.9 Å². The van der Waals surface area contributed by atoms with Gasteiger partial charge in [-0.25, -0.2) is 0 Å². The number of amides is 1. The molecule has 0 radical (unpaired) electrons. The Hall–Kier alpha value is -1.55. The van der Waals surface area contributed by atoms with E-state index in [1.54, 1.807) is 0 Å². The predicted octanol–water partition coefficient (Wildman–Crippen LogP) is 3.50. The van der Waals surface area contributed by atoms with E-state index in [1.165, 1.54) is 0 Å². The molecule has 4 heteroatoms. The molecule has 2 N–H and O–H groups in total. The number of benzene rings is 1. The summed E-state index contributed by atoms with van der Waals surface area (Å²) in [5.41, 5.74) is 1.88. The molecule has 0 heterocycles. The summed E-state index contributed by atoms with van der Waals surface area (Å²) in [5, 5.41) is 6.25. The first-order valence-corrected chi connectivity index (χ1v) is 7.49. The summed E-state index contributed by atoms with van der Waals surface area (Å²) < 4.78 is 5.63. The van der Waals surface area contributed by atoms with Gasteiger partial charge in [0.15, 0.2) is 0 Å². The topological polar surface area (TPSA) is 50.4 Å². The zero-order chi connectivity index (χ0) is 16.0. The summed E-state index contributed by atoms with van der Waals surface area (Å²) in [7, 11) is 0. The van der Waals surface area contributed by atoms with Gasteiger partial charge in [0.05, 0.1) is 6.10 Å². The second-order valence-corrected chi connectivity index (χ2v) is 6.62. The van der Waals surface area contributed by atoms with Crippen LogP contribution in [0, 0.1) is 6.92 Å². The standard InChI is InChI=1S/C17H28N2O2/c1-12(2)21-14-7-8-15(13(3)11-14)19-16(20)9-10-18-17(4,5)6/h7-8,11-12,18H,9-10H2,1-6H3,(H,19,20). The number of carbonyl (C=O) groups excluding carboxylic acids is 1. The van der Waals surface area contributed by atoms with Crippen LogP contribution in [0.4, 0.5) is 5.69 Å². The van der Waals surface area contributed by atoms with Crippen molar-refractivity contribution in [3.63, 3.8) is 0 Å². The van der Waals surface area contributed by atoms with Crippen LogP contribution in [0.3, 0.4) is 0 Å². The van der Waals surface area contributed by atoms with Gasteiger partial charge in [0.2, 0.25) is 5.91 Å². The molecule has 4 nitrogen and oxygen atoms in total. The molecular formula is C17H28N2O2. The first kappa shape index (κ1) is 17.5. The molecule has 0 aromatic heterocycles. The maximum absolute atomic E-state index is 11.9. The molecule has 1 aromatic rings. The van der Waals surface area contributed by atoms with E-state index in [1.807, 2.05) is 39.0 Å². The van der Waals surface area contributed by atoms with E-state index in [2.05, 4.69) is 31.4 Å². The quantitative estimate of drug-likeness (QED) is 0.843. The maximum atomic E-state index is 11.9. The van der Waals surface area contributed by atoms with Crippen molar-refractivity contribution in [1.82, 2.24) is 5.32 Å². The minimum absolute atomic E-state index is 0.0207. The first-order chi connectivity index (χ1) is 9.67. The van der Waals surface area contributed by atoms with Gasteiger partial charge in [-0.1, -0.05) is 0 Å². The van der Waals surface area contributed by atoms with Gasteiger partial charge in [-0.3, -0.25) is 4.79 Å². The molecule has 0 spiro atoms. The van der Waals surface area contributed by atoms with E-state index in [0.717, 1.165) is 17.0 Å². The lowest BCUT2D eigenvalue weighted by atomic mass is 10.1. The number of carbonyl (C=O) groups is 1.